The number of unbranched alkanes of at least 4 members (excludes halogenated alkanes) is 4. The summed E-state index contributed by atoms with van der Waals surface area (Å²) in [6, 6.07) is 9.28. The molecule has 0 amide bonds. The van der Waals surface area contributed by atoms with Crippen LogP contribution in [0.3, 0.4) is 0 Å². The zero-order chi connectivity index (χ0) is 21.8. The Kier molecular flexibility index (Phi) is 10.9. The van der Waals surface area contributed by atoms with Crippen molar-refractivity contribution in [3.8, 4) is 17.0 Å². The molecular weight excluding hydrogens is 373 g/mol. The standard InChI is InChI=1S/C27H40FNO/c1-5-6-7-8-9-17-30-27-16-14-24(19-25(27)28)26-15-13-23(20-29-26)18-22(4)12-10-11-21(2)3/h13-16,19-22H,5-12,17-18H2,1-4H3. The Morgan fingerprint density at radius 3 is 2.40 bits per heavy atom. The molecule has 0 N–H and O–H groups in total. The van der Waals surface area contributed by atoms with Crippen molar-refractivity contribution in [1.82, 2.24) is 4.98 Å². The number of aromatic nitrogens is 1. The van der Waals surface area contributed by atoms with Crippen molar-refractivity contribution >= 4 is 0 Å². The van der Waals surface area contributed by atoms with Gasteiger partial charge in [0.15, 0.2) is 11.6 Å². The molecular formula is C27H40FNO. The van der Waals surface area contributed by atoms with Crippen LogP contribution in [0.1, 0.15) is 84.6 Å². The van der Waals surface area contributed by atoms with Gasteiger partial charge in [0.2, 0.25) is 0 Å². The lowest BCUT2D eigenvalue weighted by atomic mass is 9.94. The fourth-order valence-corrected chi connectivity index (χ4v) is 3.76. The van der Waals surface area contributed by atoms with E-state index in [0.29, 0.717) is 18.3 Å². The van der Waals surface area contributed by atoms with Crippen molar-refractivity contribution in [2.24, 2.45) is 11.8 Å². The van der Waals surface area contributed by atoms with Crippen LogP contribution in [-0.2, 0) is 6.42 Å². The number of hydrogen-bond donors (Lipinski definition) is 0. The van der Waals surface area contributed by atoms with Crippen LogP contribution < -0.4 is 4.74 Å². The highest BCUT2D eigenvalue weighted by atomic mass is 19.1. The Labute approximate surface area is 183 Å². The van der Waals surface area contributed by atoms with Crippen LogP contribution in [0, 0.1) is 17.7 Å². The van der Waals surface area contributed by atoms with Crippen LogP contribution in [0.5, 0.6) is 5.75 Å². The first kappa shape index (κ1) is 24.4. The Bertz CT molecular complexity index is 726. The van der Waals surface area contributed by atoms with Crippen molar-refractivity contribution in [2.45, 2.75) is 85.5 Å². The van der Waals surface area contributed by atoms with Crippen molar-refractivity contribution in [2.75, 3.05) is 6.61 Å². The van der Waals surface area contributed by atoms with E-state index in [1.807, 2.05) is 18.3 Å². The minimum atomic E-state index is -0.314. The van der Waals surface area contributed by atoms with Crippen LogP contribution in [0.15, 0.2) is 36.5 Å². The van der Waals surface area contributed by atoms with E-state index in [1.165, 1.54) is 50.2 Å². The fourth-order valence-electron chi connectivity index (χ4n) is 3.76. The number of halogens is 1. The Morgan fingerprint density at radius 2 is 1.73 bits per heavy atom. The molecule has 3 heteroatoms. The summed E-state index contributed by atoms with van der Waals surface area (Å²) in [7, 11) is 0. The number of hydrogen-bond acceptors (Lipinski definition) is 2. The van der Waals surface area contributed by atoms with Crippen LogP contribution in [-0.4, -0.2) is 11.6 Å². The lowest BCUT2D eigenvalue weighted by molar-refractivity contribution is 0.290. The third-order valence-electron chi connectivity index (χ3n) is 5.62. The quantitative estimate of drug-likeness (QED) is 0.291. The summed E-state index contributed by atoms with van der Waals surface area (Å²) in [6.07, 6.45) is 12.6. The summed E-state index contributed by atoms with van der Waals surface area (Å²) in [6.45, 7) is 9.65. The van der Waals surface area contributed by atoms with Crippen molar-refractivity contribution in [1.29, 1.82) is 0 Å². The lowest BCUT2D eigenvalue weighted by Crippen LogP contribution is -2.02. The highest BCUT2D eigenvalue weighted by molar-refractivity contribution is 5.60. The molecule has 0 saturated heterocycles. The molecule has 0 aliphatic carbocycles. The number of nitrogens with zero attached hydrogens (tertiary/aromatic N) is 1. The zero-order valence-corrected chi connectivity index (χ0v) is 19.4. The lowest BCUT2D eigenvalue weighted by Gasteiger charge is -2.13. The SMILES string of the molecule is CCCCCCCOc1ccc(-c2ccc(CC(C)CCCC(C)C)cn2)cc1F. The largest absolute Gasteiger partial charge is 0.491 e. The van der Waals surface area contributed by atoms with Gasteiger partial charge in [-0.3, -0.25) is 4.98 Å². The Morgan fingerprint density at radius 1 is 0.933 bits per heavy atom. The minimum absolute atomic E-state index is 0.314. The molecule has 0 aliphatic rings. The van der Waals surface area contributed by atoms with E-state index in [0.717, 1.165) is 36.4 Å². The molecule has 1 aromatic heterocycles. The summed E-state index contributed by atoms with van der Waals surface area (Å²) in [5.74, 6) is 1.46. The van der Waals surface area contributed by atoms with E-state index in [1.54, 1.807) is 6.07 Å². The minimum Gasteiger partial charge on any atom is -0.491 e. The predicted molar refractivity (Wildman–Crippen MR) is 125 cm³/mol. The highest BCUT2D eigenvalue weighted by Gasteiger charge is 2.09. The summed E-state index contributed by atoms with van der Waals surface area (Å²) < 4.78 is 20.1. The summed E-state index contributed by atoms with van der Waals surface area (Å²) in [5.41, 5.74) is 2.84. The Hall–Kier alpha value is -1.90. The van der Waals surface area contributed by atoms with Crippen LogP contribution in [0.2, 0.25) is 0 Å². The normalized spacial score (nSPS) is 12.3. The second kappa shape index (κ2) is 13.4. The van der Waals surface area contributed by atoms with Gasteiger partial charge in [0.05, 0.1) is 12.3 Å². The van der Waals surface area contributed by atoms with E-state index in [4.69, 9.17) is 4.74 Å². The summed E-state index contributed by atoms with van der Waals surface area (Å²) >= 11 is 0. The molecule has 30 heavy (non-hydrogen) atoms. The van der Waals surface area contributed by atoms with Gasteiger partial charge >= 0.3 is 0 Å². The third kappa shape index (κ3) is 8.85. The molecule has 2 aromatic rings. The average molecular weight is 414 g/mol. The monoisotopic (exact) mass is 413 g/mol. The fraction of sp³-hybridized carbons (Fsp3) is 0.593. The Balaban J connectivity index is 1.84. The van der Waals surface area contributed by atoms with Gasteiger partial charge in [0, 0.05) is 11.8 Å². The molecule has 0 spiro atoms. The van der Waals surface area contributed by atoms with Gasteiger partial charge < -0.3 is 4.74 Å². The topological polar surface area (TPSA) is 22.1 Å². The molecule has 166 valence electrons. The van der Waals surface area contributed by atoms with E-state index in [-0.39, 0.29) is 5.82 Å². The molecule has 0 saturated carbocycles. The number of ether oxygens (including phenoxy) is 1. The van der Waals surface area contributed by atoms with E-state index < -0.39 is 0 Å². The molecule has 0 fully saturated rings. The van der Waals surface area contributed by atoms with Gasteiger partial charge in [-0.25, -0.2) is 4.39 Å². The zero-order valence-electron chi connectivity index (χ0n) is 19.4. The number of rotatable bonds is 14. The van der Waals surface area contributed by atoms with Crippen molar-refractivity contribution < 1.29 is 9.13 Å². The predicted octanol–water partition coefficient (Wildman–Crippen LogP) is 8.24. The molecule has 1 heterocycles. The molecule has 0 aliphatic heterocycles. The van der Waals surface area contributed by atoms with E-state index >= 15 is 0 Å². The van der Waals surface area contributed by atoms with Crippen LogP contribution in [0.25, 0.3) is 11.3 Å². The maximum Gasteiger partial charge on any atom is 0.165 e. The molecule has 2 nitrogen and oxygen atoms in total. The van der Waals surface area contributed by atoms with Crippen molar-refractivity contribution in [3.05, 3.63) is 47.9 Å². The van der Waals surface area contributed by atoms with Gasteiger partial charge in [-0.05, 0) is 54.5 Å². The van der Waals surface area contributed by atoms with Crippen LogP contribution >= 0.6 is 0 Å². The van der Waals surface area contributed by atoms with Gasteiger partial charge in [0.25, 0.3) is 0 Å². The number of pyridine rings is 1. The second-order valence-corrected chi connectivity index (χ2v) is 9.09. The molecule has 0 bridgehead atoms. The van der Waals surface area contributed by atoms with Crippen LogP contribution in [0.4, 0.5) is 4.39 Å². The molecule has 1 atom stereocenters. The van der Waals surface area contributed by atoms with E-state index in [9.17, 15) is 4.39 Å². The van der Waals surface area contributed by atoms with E-state index in [2.05, 4.69) is 38.7 Å². The first-order valence-corrected chi connectivity index (χ1v) is 11.9. The average Bonchev–Trinajstić information content (AvgIpc) is 2.72. The van der Waals surface area contributed by atoms with Gasteiger partial charge in [-0.15, -0.1) is 0 Å². The second-order valence-electron chi connectivity index (χ2n) is 9.09. The third-order valence-corrected chi connectivity index (χ3v) is 5.62. The maximum absolute atomic E-state index is 14.4. The van der Waals surface area contributed by atoms with Crippen molar-refractivity contribution in [3.63, 3.8) is 0 Å². The summed E-state index contributed by atoms with van der Waals surface area (Å²) in [4.78, 5) is 4.58. The molecule has 1 aromatic carbocycles. The molecule has 2 rings (SSSR count). The van der Waals surface area contributed by atoms with Gasteiger partial charge in [-0.1, -0.05) is 78.7 Å². The smallest absolute Gasteiger partial charge is 0.165 e. The van der Waals surface area contributed by atoms with Gasteiger partial charge in [-0.2, -0.15) is 0 Å². The molecule has 1 unspecified atom stereocenters. The van der Waals surface area contributed by atoms with Gasteiger partial charge in [0.1, 0.15) is 0 Å². The first-order chi connectivity index (χ1) is 14.5. The first-order valence-electron chi connectivity index (χ1n) is 11.9. The highest BCUT2D eigenvalue weighted by Crippen LogP contribution is 2.25. The summed E-state index contributed by atoms with van der Waals surface area (Å²) in [5, 5.41) is 0. The maximum atomic E-state index is 14.4. The molecule has 0 radical (unpaired) electrons. The number of benzene rings is 1.